The summed E-state index contributed by atoms with van der Waals surface area (Å²) in [4.78, 5) is 12.0. The van der Waals surface area contributed by atoms with Crippen molar-refractivity contribution in [2.45, 2.75) is 50.4 Å². The molecule has 1 amide bonds. The van der Waals surface area contributed by atoms with Gasteiger partial charge in [-0.1, -0.05) is 12.1 Å². The third-order valence-electron chi connectivity index (χ3n) is 4.59. The number of hydrogen-bond donors (Lipinski definition) is 3. The van der Waals surface area contributed by atoms with Crippen LogP contribution in [-0.4, -0.2) is 35.2 Å². The molecule has 3 unspecified atom stereocenters. The lowest BCUT2D eigenvalue weighted by molar-refractivity contribution is -0.119. The average Bonchev–Trinajstić information content (AvgIpc) is 2.70. The zero-order chi connectivity index (χ0) is 16.5. The van der Waals surface area contributed by atoms with Crippen LogP contribution >= 0.6 is 11.8 Å². The van der Waals surface area contributed by atoms with E-state index in [1.807, 2.05) is 26.2 Å². The quantitative estimate of drug-likeness (QED) is 0.753. The summed E-state index contributed by atoms with van der Waals surface area (Å²) >= 11 is 1.67. The van der Waals surface area contributed by atoms with Crippen molar-refractivity contribution in [3.63, 3.8) is 0 Å². The Morgan fingerprint density at radius 3 is 2.64 bits per heavy atom. The van der Waals surface area contributed by atoms with Gasteiger partial charge >= 0.3 is 0 Å². The van der Waals surface area contributed by atoms with Crippen LogP contribution in [0.4, 0.5) is 5.69 Å². The SMILES string of the molecule is CSC(CO)C(C)NC(C)c1ccc2c(c1)C(C)(C)C(=O)N2. The minimum absolute atomic E-state index is 0.0522. The van der Waals surface area contributed by atoms with Gasteiger partial charge in [-0.25, -0.2) is 0 Å². The molecule has 0 saturated carbocycles. The van der Waals surface area contributed by atoms with Crippen LogP contribution in [0, 0.1) is 0 Å². The Balaban J connectivity index is 2.17. The summed E-state index contributed by atoms with van der Waals surface area (Å²) in [6.07, 6.45) is 2.01. The predicted molar refractivity (Wildman–Crippen MR) is 93.5 cm³/mol. The average molecular weight is 322 g/mol. The number of thioether (sulfide) groups is 1. The second-order valence-electron chi connectivity index (χ2n) is 6.52. The molecule has 1 aromatic carbocycles. The number of amides is 1. The first-order chi connectivity index (χ1) is 10.3. The zero-order valence-corrected chi connectivity index (χ0v) is 14.8. The van der Waals surface area contributed by atoms with E-state index in [1.165, 1.54) is 0 Å². The van der Waals surface area contributed by atoms with Gasteiger partial charge in [0.1, 0.15) is 0 Å². The molecule has 2 rings (SSSR count). The van der Waals surface area contributed by atoms with Gasteiger partial charge in [0.15, 0.2) is 0 Å². The number of aliphatic hydroxyl groups is 1. The van der Waals surface area contributed by atoms with E-state index in [9.17, 15) is 9.90 Å². The fourth-order valence-corrected chi connectivity index (χ4v) is 3.53. The molecule has 22 heavy (non-hydrogen) atoms. The molecule has 0 saturated heterocycles. The number of nitrogens with one attached hydrogen (secondary N) is 2. The van der Waals surface area contributed by atoms with E-state index >= 15 is 0 Å². The van der Waals surface area contributed by atoms with E-state index in [0.29, 0.717) is 0 Å². The summed E-state index contributed by atoms with van der Waals surface area (Å²) < 4.78 is 0. The molecular weight excluding hydrogens is 296 g/mol. The van der Waals surface area contributed by atoms with Gasteiger partial charge in [-0.3, -0.25) is 4.79 Å². The number of aliphatic hydroxyl groups excluding tert-OH is 1. The molecule has 0 radical (unpaired) electrons. The second kappa shape index (κ2) is 6.60. The predicted octanol–water partition coefficient (Wildman–Crippen LogP) is 2.68. The van der Waals surface area contributed by atoms with Crippen LogP contribution in [0.1, 0.15) is 44.9 Å². The van der Waals surface area contributed by atoms with Gasteiger partial charge in [0.05, 0.1) is 12.0 Å². The van der Waals surface area contributed by atoms with E-state index < -0.39 is 5.41 Å². The van der Waals surface area contributed by atoms with Crippen molar-refractivity contribution >= 4 is 23.4 Å². The van der Waals surface area contributed by atoms with E-state index in [0.717, 1.165) is 16.8 Å². The van der Waals surface area contributed by atoms with Gasteiger partial charge in [0.25, 0.3) is 0 Å². The molecule has 3 atom stereocenters. The van der Waals surface area contributed by atoms with Crippen LogP contribution in [0.2, 0.25) is 0 Å². The highest BCUT2D eigenvalue weighted by molar-refractivity contribution is 7.99. The van der Waals surface area contributed by atoms with Crippen molar-refractivity contribution in [2.75, 3.05) is 18.2 Å². The van der Waals surface area contributed by atoms with Gasteiger partial charge in [-0.15, -0.1) is 0 Å². The molecule has 1 heterocycles. The van der Waals surface area contributed by atoms with E-state index in [-0.39, 0.29) is 29.8 Å². The summed E-state index contributed by atoms with van der Waals surface area (Å²) in [5, 5.41) is 16.1. The maximum absolute atomic E-state index is 12.0. The molecule has 0 aliphatic carbocycles. The molecule has 0 fully saturated rings. The first-order valence-electron chi connectivity index (χ1n) is 7.66. The second-order valence-corrected chi connectivity index (χ2v) is 7.59. The van der Waals surface area contributed by atoms with Gasteiger partial charge in [-0.05, 0) is 51.1 Å². The third kappa shape index (κ3) is 3.16. The summed E-state index contributed by atoms with van der Waals surface area (Å²) in [6, 6.07) is 6.52. The lowest BCUT2D eigenvalue weighted by Crippen LogP contribution is -2.39. The zero-order valence-electron chi connectivity index (χ0n) is 13.9. The van der Waals surface area contributed by atoms with Gasteiger partial charge < -0.3 is 15.7 Å². The van der Waals surface area contributed by atoms with Gasteiger partial charge in [0.2, 0.25) is 5.91 Å². The van der Waals surface area contributed by atoms with Crippen LogP contribution in [0.3, 0.4) is 0 Å². The summed E-state index contributed by atoms with van der Waals surface area (Å²) in [5.74, 6) is 0.0522. The molecule has 0 spiro atoms. The Morgan fingerprint density at radius 2 is 2.05 bits per heavy atom. The lowest BCUT2D eigenvalue weighted by Gasteiger charge is -2.26. The summed E-state index contributed by atoms with van der Waals surface area (Å²) in [6.45, 7) is 8.28. The number of carbonyl (C=O) groups excluding carboxylic acids is 1. The molecule has 3 N–H and O–H groups in total. The molecule has 122 valence electrons. The fourth-order valence-electron chi connectivity index (χ4n) is 2.89. The number of fused-ring (bicyclic) bond motifs is 1. The highest BCUT2D eigenvalue weighted by Gasteiger charge is 2.38. The number of hydrogen-bond acceptors (Lipinski definition) is 4. The van der Waals surface area contributed by atoms with Crippen LogP contribution in [0.15, 0.2) is 18.2 Å². The first-order valence-corrected chi connectivity index (χ1v) is 8.95. The van der Waals surface area contributed by atoms with E-state index in [1.54, 1.807) is 11.8 Å². The Labute approximate surface area is 137 Å². The van der Waals surface area contributed by atoms with Crippen LogP contribution in [0.25, 0.3) is 0 Å². The first kappa shape index (κ1) is 17.3. The largest absolute Gasteiger partial charge is 0.395 e. The summed E-state index contributed by atoms with van der Waals surface area (Å²) in [5.41, 5.74) is 2.65. The molecule has 1 aliphatic heterocycles. The molecule has 1 aromatic rings. The lowest BCUT2D eigenvalue weighted by atomic mass is 9.85. The molecule has 1 aliphatic rings. The fraction of sp³-hybridized carbons (Fsp3) is 0.588. The van der Waals surface area contributed by atoms with Gasteiger partial charge in [-0.2, -0.15) is 11.8 Å². The molecular formula is C17H26N2O2S. The van der Waals surface area contributed by atoms with Gasteiger partial charge in [0, 0.05) is 23.0 Å². The normalized spacial score (nSPS) is 20.2. The Bertz CT molecular complexity index is 556. The number of rotatable bonds is 6. The summed E-state index contributed by atoms with van der Waals surface area (Å²) in [7, 11) is 0. The monoisotopic (exact) mass is 322 g/mol. The van der Waals surface area contributed by atoms with Crippen molar-refractivity contribution in [1.29, 1.82) is 0 Å². The van der Waals surface area contributed by atoms with Crippen LogP contribution in [-0.2, 0) is 10.2 Å². The van der Waals surface area contributed by atoms with E-state index in [4.69, 9.17) is 0 Å². The molecule has 0 aromatic heterocycles. The highest BCUT2D eigenvalue weighted by Crippen LogP contribution is 2.38. The Hall–Kier alpha value is -1.04. The van der Waals surface area contributed by atoms with Crippen LogP contribution in [0.5, 0.6) is 0 Å². The maximum atomic E-state index is 12.0. The van der Waals surface area contributed by atoms with Crippen LogP contribution < -0.4 is 10.6 Å². The molecule has 5 heteroatoms. The van der Waals surface area contributed by atoms with Crippen molar-refractivity contribution in [3.05, 3.63) is 29.3 Å². The minimum Gasteiger partial charge on any atom is -0.395 e. The van der Waals surface area contributed by atoms with Crippen molar-refractivity contribution in [1.82, 2.24) is 5.32 Å². The molecule has 0 bridgehead atoms. The number of anilines is 1. The number of carbonyl (C=O) groups is 1. The molecule has 4 nitrogen and oxygen atoms in total. The van der Waals surface area contributed by atoms with Crippen molar-refractivity contribution in [2.24, 2.45) is 0 Å². The highest BCUT2D eigenvalue weighted by atomic mass is 32.2. The van der Waals surface area contributed by atoms with E-state index in [2.05, 4.69) is 36.6 Å². The number of benzene rings is 1. The Kier molecular flexibility index (Phi) is 5.20. The third-order valence-corrected chi connectivity index (χ3v) is 5.75. The standard InChI is InChI=1S/C17H26N2O2S/c1-10(18-11(2)15(9-20)22-5)12-6-7-14-13(8-12)17(3,4)16(21)19-14/h6-8,10-11,15,18,20H,9H2,1-5H3,(H,19,21). The maximum Gasteiger partial charge on any atom is 0.234 e. The minimum atomic E-state index is -0.483. The topological polar surface area (TPSA) is 61.4 Å². The Morgan fingerprint density at radius 1 is 1.36 bits per heavy atom. The van der Waals surface area contributed by atoms with Crippen molar-refractivity contribution < 1.29 is 9.90 Å². The van der Waals surface area contributed by atoms with Crippen molar-refractivity contribution in [3.8, 4) is 0 Å². The smallest absolute Gasteiger partial charge is 0.234 e.